The molecule has 0 atom stereocenters. The molecule has 2 aromatic carbocycles. The number of tetrazole rings is 1. The molecule has 10 heteroatoms. The normalized spacial score (nSPS) is 17.8. The van der Waals surface area contributed by atoms with Crippen molar-refractivity contribution in [3.8, 4) is 22.5 Å². The smallest absolute Gasteiger partial charge is 0.206 e. The summed E-state index contributed by atoms with van der Waals surface area (Å²) in [4.78, 5) is 4.48. The molecule has 2 heterocycles. The molecule has 0 saturated heterocycles. The van der Waals surface area contributed by atoms with Gasteiger partial charge >= 0.3 is 0 Å². The second-order valence-electron chi connectivity index (χ2n) is 8.78. The number of anilines is 2. The van der Waals surface area contributed by atoms with Gasteiger partial charge in [0.2, 0.25) is 5.82 Å². The van der Waals surface area contributed by atoms with Gasteiger partial charge in [0.25, 0.3) is 0 Å². The first-order chi connectivity index (χ1) is 17.0. The van der Waals surface area contributed by atoms with Crippen LogP contribution in [-0.2, 0) is 6.54 Å². The molecule has 8 nitrogen and oxygen atoms in total. The average molecular weight is 493 g/mol. The van der Waals surface area contributed by atoms with Crippen molar-refractivity contribution in [3.63, 3.8) is 0 Å². The van der Waals surface area contributed by atoms with E-state index in [9.17, 15) is 4.39 Å². The van der Waals surface area contributed by atoms with Crippen LogP contribution in [-0.4, -0.2) is 37.7 Å². The molecule has 1 saturated carbocycles. The van der Waals surface area contributed by atoms with Crippen molar-refractivity contribution in [2.24, 2.45) is 5.73 Å². The highest BCUT2D eigenvalue weighted by Crippen LogP contribution is 2.35. The van der Waals surface area contributed by atoms with Crippen molar-refractivity contribution in [2.75, 3.05) is 10.6 Å². The van der Waals surface area contributed by atoms with E-state index < -0.39 is 0 Å². The Morgan fingerprint density at radius 2 is 1.91 bits per heavy atom. The summed E-state index contributed by atoms with van der Waals surface area (Å²) in [6.07, 6.45) is 5.73. The zero-order chi connectivity index (χ0) is 24.2. The van der Waals surface area contributed by atoms with Crippen LogP contribution in [0.1, 0.15) is 31.2 Å². The molecule has 1 fully saturated rings. The van der Waals surface area contributed by atoms with E-state index in [2.05, 4.69) is 36.2 Å². The van der Waals surface area contributed by atoms with Gasteiger partial charge in [-0.2, -0.15) is 5.21 Å². The second kappa shape index (κ2) is 10.4. The van der Waals surface area contributed by atoms with E-state index in [-0.39, 0.29) is 11.9 Å². The molecule has 4 aromatic rings. The number of hydrogen-bond donors (Lipinski definition) is 4. The third-order valence-electron chi connectivity index (χ3n) is 6.27. The molecule has 0 aliphatic heterocycles. The molecular weight excluding hydrogens is 467 g/mol. The fraction of sp³-hybridized carbons (Fsp3) is 0.280. The van der Waals surface area contributed by atoms with Crippen molar-refractivity contribution in [2.45, 2.75) is 44.3 Å². The quantitative estimate of drug-likeness (QED) is 0.286. The Morgan fingerprint density at radius 3 is 2.69 bits per heavy atom. The van der Waals surface area contributed by atoms with Crippen molar-refractivity contribution >= 4 is 23.1 Å². The predicted octanol–water partition coefficient (Wildman–Crippen LogP) is 5.02. The molecule has 5 rings (SSSR count). The topological polar surface area (TPSA) is 117 Å². The van der Waals surface area contributed by atoms with E-state index in [1.807, 2.05) is 30.3 Å². The first-order valence-electron chi connectivity index (χ1n) is 11.6. The minimum Gasteiger partial charge on any atom is -0.380 e. The molecule has 1 aliphatic rings. The zero-order valence-electron chi connectivity index (χ0n) is 19.0. The van der Waals surface area contributed by atoms with E-state index >= 15 is 0 Å². The molecule has 0 unspecified atom stereocenters. The maximum atomic E-state index is 13.7. The minimum atomic E-state index is -0.278. The van der Waals surface area contributed by atoms with E-state index in [0.717, 1.165) is 59.4 Å². The van der Waals surface area contributed by atoms with E-state index in [4.69, 9.17) is 17.3 Å². The van der Waals surface area contributed by atoms with Crippen LogP contribution in [0.2, 0.25) is 5.02 Å². The SMILES string of the molecule is NC1CCC(Nc2cc(-c3ccc(-c4nn[nH]n4)c(NCc4cccc(F)c4)c3)c(Cl)cn2)CC1. The number of nitrogens with one attached hydrogen (secondary N) is 3. The summed E-state index contributed by atoms with van der Waals surface area (Å²) in [5, 5.41) is 21.9. The third kappa shape index (κ3) is 5.58. The van der Waals surface area contributed by atoms with Gasteiger partial charge in [0, 0.05) is 41.6 Å². The van der Waals surface area contributed by atoms with Crippen LogP contribution in [0.15, 0.2) is 54.7 Å². The molecule has 0 spiro atoms. The first-order valence-corrected chi connectivity index (χ1v) is 12.0. The number of rotatable bonds is 7. The van der Waals surface area contributed by atoms with E-state index in [1.54, 1.807) is 12.3 Å². The van der Waals surface area contributed by atoms with Gasteiger partial charge in [-0.3, -0.25) is 0 Å². The van der Waals surface area contributed by atoms with Crippen LogP contribution in [0.5, 0.6) is 0 Å². The van der Waals surface area contributed by atoms with Gasteiger partial charge in [0.15, 0.2) is 0 Å². The van der Waals surface area contributed by atoms with Crippen molar-refractivity contribution in [3.05, 3.63) is 71.1 Å². The van der Waals surface area contributed by atoms with Gasteiger partial charge in [0.05, 0.1) is 5.02 Å². The molecular formula is C25H26ClFN8. The summed E-state index contributed by atoms with van der Waals surface area (Å²) < 4.78 is 13.7. The third-order valence-corrected chi connectivity index (χ3v) is 6.57. The number of benzene rings is 2. The lowest BCUT2D eigenvalue weighted by atomic mass is 9.92. The molecule has 1 aliphatic carbocycles. The van der Waals surface area contributed by atoms with Crippen LogP contribution in [0.25, 0.3) is 22.5 Å². The van der Waals surface area contributed by atoms with E-state index in [1.165, 1.54) is 12.1 Å². The summed E-state index contributed by atoms with van der Waals surface area (Å²) in [7, 11) is 0. The summed E-state index contributed by atoms with van der Waals surface area (Å²) in [6.45, 7) is 0.423. The van der Waals surface area contributed by atoms with Gasteiger partial charge in [-0.25, -0.2) is 9.37 Å². The lowest BCUT2D eigenvalue weighted by Gasteiger charge is -2.27. The number of aromatic nitrogens is 5. The number of aromatic amines is 1. The largest absolute Gasteiger partial charge is 0.380 e. The van der Waals surface area contributed by atoms with Crippen molar-refractivity contribution < 1.29 is 4.39 Å². The van der Waals surface area contributed by atoms with Crippen LogP contribution < -0.4 is 16.4 Å². The lowest BCUT2D eigenvalue weighted by Crippen LogP contribution is -2.33. The highest BCUT2D eigenvalue weighted by molar-refractivity contribution is 6.33. The summed E-state index contributed by atoms with van der Waals surface area (Å²) >= 11 is 6.57. The Bertz CT molecular complexity index is 1290. The number of H-pyrrole nitrogens is 1. The van der Waals surface area contributed by atoms with Gasteiger partial charge in [-0.15, -0.1) is 10.2 Å². The number of nitrogens with two attached hydrogens (primary N) is 1. The summed E-state index contributed by atoms with van der Waals surface area (Å²) in [5.41, 5.74) is 10.2. The highest BCUT2D eigenvalue weighted by Gasteiger charge is 2.19. The lowest BCUT2D eigenvalue weighted by molar-refractivity contribution is 0.410. The van der Waals surface area contributed by atoms with Crippen LogP contribution >= 0.6 is 11.6 Å². The molecule has 35 heavy (non-hydrogen) atoms. The predicted molar refractivity (Wildman–Crippen MR) is 135 cm³/mol. The summed E-state index contributed by atoms with van der Waals surface area (Å²) in [6, 6.07) is 14.9. The zero-order valence-corrected chi connectivity index (χ0v) is 19.8. The van der Waals surface area contributed by atoms with Crippen molar-refractivity contribution in [1.82, 2.24) is 25.6 Å². The van der Waals surface area contributed by atoms with Crippen LogP contribution in [0.3, 0.4) is 0 Å². The van der Waals surface area contributed by atoms with Crippen LogP contribution in [0.4, 0.5) is 15.9 Å². The number of hydrogen-bond acceptors (Lipinski definition) is 7. The molecule has 0 radical (unpaired) electrons. The molecule has 180 valence electrons. The Kier molecular flexibility index (Phi) is 6.87. The minimum absolute atomic E-state index is 0.278. The standard InChI is InChI=1S/C25H26ClFN8/c26-22-14-30-24(31-19-7-5-18(28)6-8-19)12-21(22)16-4-9-20(25-32-34-35-33-25)23(11-16)29-13-15-2-1-3-17(27)10-15/h1-4,9-12,14,18-19,29H,5-8,13,28H2,(H,30,31)(H,32,33,34,35). The molecule has 0 amide bonds. The monoisotopic (exact) mass is 492 g/mol. The first kappa shape index (κ1) is 23.2. The number of nitrogens with zero attached hydrogens (tertiary/aromatic N) is 4. The van der Waals surface area contributed by atoms with Gasteiger partial charge in [0.1, 0.15) is 11.6 Å². The highest BCUT2D eigenvalue weighted by atomic mass is 35.5. The second-order valence-corrected chi connectivity index (χ2v) is 9.19. The number of pyridine rings is 1. The maximum Gasteiger partial charge on any atom is 0.206 e. The Balaban J connectivity index is 1.44. The van der Waals surface area contributed by atoms with E-state index in [0.29, 0.717) is 23.4 Å². The van der Waals surface area contributed by atoms with Gasteiger partial charge in [-0.05, 0) is 72.4 Å². The fourth-order valence-corrected chi connectivity index (χ4v) is 4.60. The Morgan fingerprint density at radius 1 is 1.06 bits per heavy atom. The van der Waals surface area contributed by atoms with Crippen LogP contribution in [0, 0.1) is 5.82 Å². The van der Waals surface area contributed by atoms with Gasteiger partial charge < -0.3 is 16.4 Å². The fourth-order valence-electron chi connectivity index (χ4n) is 4.38. The molecule has 0 bridgehead atoms. The van der Waals surface area contributed by atoms with Crippen molar-refractivity contribution in [1.29, 1.82) is 0 Å². The van der Waals surface area contributed by atoms with Gasteiger partial charge in [-0.1, -0.05) is 29.8 Å². The number of halogens is 2. The molecule has 2 aromatic heterocycles. The Hall–Kier alpha value is -3.56. The Labute approximate surface area is 207 Å². The maximum absolute atomic E-state index is 13.7. The average Bonchev–Trinajstić information content (AvgIpc) is 3.40. The molecule has 5 N–H and O–H groups in total. The summed E-state index contributed by atoms with van der Waals surface area (Å²) in [5.74, 6) is 0.957.